The van der Waals surface area contributed by atoms with E-state index in [1.54, 1.807) is 36.4 Å². The summed E-state index contributed by atoms with van der Waals surface area (Å²) in [5, 5.41) is 10.2. The van der Waals surface area contributed by atoms with Crippen molar-refractivity contribution in [2.24, 2.45) is 5.92 Å². The van der Waals surface area contributed by atoms with Crippen molar-refractivity contribution in [2.75, 3.05) is 0 Å². The summed E-state index contributed by atoms with van der Waals surface area (Å²) >= 11 is 5.96. The van der Waals surface area contributed by atoms with Gasteiger partial charge >= 0.3 is 5.97 Å². The van der Waals surface area contributed by atoms with Gasteiger partial charge in [-0.25, -0.2) is 0 Å². The molecule has 0 aliphatic rings. The molecule has 0 heterocycles. The zero-order chi connectivity index (χ0) is 21.5. The third-order valence-corrected chi connectivity index (χ3v) is 4.91. The SMILES string of the molecule is CC(C)[C@H](C(=O)O[C@@H](C#N)c1ccc(Oc2ccccc2)cc1)c1ccc(Cl)cc1. The number of nitrogens with zero attached hydrogens (tertiary/aromatic N) is 1. The number of hydrogen-bond acceptors (Lipinski definition) is 4. The first kappa shape index (κ1) is 21.4. The van der Waals surface area contributed by atoms with Gasteiger partial charge in [-0.2, -0.15) is 5.26 Å². The number of halogens is 1. The van der Waals surface area contributed by atoms with Gasteiger partial charge in [0.1, 0.15) is 17.6 Å². The Labute approximate surface area is 181 Å². The van der Waals surface area contributed by atoms with Crippen molar-refractivity contribution in [1.82, 2.24) is 0 Å². The first-order valence-corrected chi connectivity index (χ1v) is 10.0. The van der Waals surface area contributed by atoms with Gasteiger partial charge in [0, 0.05) is 10.6 Å². The van der Waals surface area contributed by atoms with Gasteiger partial charge < -0.3 is 9.47 Å². The van der Waals surface area contributed by atoms with Crippen molar-refractivity contribution in [3.8, 4) is 17.6 Å². The van der Waals surface area contributed by atoms with Crippen LogP contribution in [0.25, 0.3) is 0 Å². The number of carbonyl (C=O) groups excluding carboxylic acids is 1. The molecule has 0 unspecified atom stereocenters. The van der Waals surface area contributed by atoms with Gasteiger partial charge in [0.05, 0.1) is 5.92 Å². The van der Waals surface area contributed by atoms with Crippen molar-refractivity contribution in [1.29, 1.82) is 5.26 Å². The molecule has 0 bridgehead atoms. The van der Waals surface area contributed by atoms with Crippen LogP contribution in [0, 0.1) is 17.2 Å². The first-order valence-electron chi connectivity index (χ1n) is 9.66. The summed E-state index contributed by atoms with van der Waals surface area (Å²) in [4.78, 5) is 12.9. The second-order valence-electron chi connectivity index (χ2n) is 7.20. The fourth-order valence-electron chi connectivity index (χ4n) is 3.16. The number of hydrogen-bond donors (Lipinski definition) is 0. The Hall–Kier alpha value is -3.29. The molecule has 0 spiro atoms. The number of benzene rings is 3. The van der Waals surface area contributed by atoms with E-state index in [1.807, 2.05) is 56.3 Å². The van der Waals surface area contributed by atoms with Gasteiger partial charge in [0.25, 0.3) is 0 Å². The summed E-state index contributed by atoms with van der Waals surface area (Å²) < 4.78 is 11.3. The van der Waals surface area contributed by atoms with Gasteiger partial charge in [0.2, 0.25) is 6.10 Å². The van der Waals surface area contributed by atoms with Crippen LogP contribution < -0.4 is 4.74 Å². The zero-order valence-electron chi connectivity index (χ0n) is 16.8. The van der Waals surface area contributed by atoms with Crippen molar-refractivity contribution < 1.29 is 14.3 Å². The second-order valence-corrected chi connectivity index (χ2v) is 7.64. The monoisotopic (exact) mass is 419 g/mol. The number of carbonyl (C=O) groups is 1. The van der Waals surface area contributed by atoms with Gasteiger partial charge in [-0.05, 0) is 47.9 Å². The number of para-hydroxylation sites is 1. The van der Waals surface area contributed by atoms with E-state index in [4.69, 9.17) is 21.1 Å². The summed E-state index contributed by atoms with van der Waals surface area (Å²) in [6.45, 7) is 3.88. The van der Waals surface area contributed by atoms with Crippen molar-refractivity contribution in [3.63, 3.8) is 0 Å². The third kappa shape index (κ3) is 5.40. The average molecular weight is 420 g/mol. The zero-order valence-corrected chi connectivity index (χ0v) is 17.5. The molecule has 4 nitrogen and oxygen atoms in total. The molecule has 3 aromatic rings. The molecule has 0 fully saturated rings. The van der Waals surface area contributed by atoms with Gasteiger partial charge in [-0.1, -0.05) is 67.9 Å². The van der Waals surface area contributed by atoms with Crippen LogP contribution in [0.5, 0.6) is 11.5 Å². The molecule has 0 saturated heterocycles. The van der Waals surface area contributed by atoms with Crippen LogP contribution in [0.2, 0.25) is 5.02 Å². The summed E-state index contributed by atoms with van der Waals surface area (Å²) in [5.41, 5.74) is 1.40. The minimum atomic E-state index is -1.00. The van der Waals surface area contributed by atoms with Gasteiger partial charge in [-0.3, -0.25) is 4.79 Å². The van der Waals surface area contributed by atoms with E-state index in [0.717, 1.165) is 11.3 Å². The highest BCUT2D eigenvalue weighted by Gasteiger charge is 2.28. The average Bonchev–Trinajstić information content (AvgIpc) is 2.75. The molecule has 0 radical (unpaired) electrons. The highest BCUT2D eigenvalue weighted by Crippen LogP contribution is 2.30. The summed E-state index contributed by atoms with van der Waals surface area (Å²) in [7, 11) is 0. The number of esters is 1. The van der Waals surface area contributed by atoms with E-state index in [9.17, 15) is 10.1 Å². The van der Waals surface area contributed by atoms with E-state index in [2.05, 4.69) is 6.07 Å². The normalized spacial score (nSPS) is 12.6. The van der Waals surface area contributed by atoms with E-state index in [-0.39, 0.29) is 5.92 Å². The Morgan fingerprint density at radius 1 is 0.867 bits per heavy atom. The highest BCUT2D eigenvalue weighted by molar-refractivity contribution is 6.30. The van der Waals surface area contributed by atoms with Crippen molar-refractivity contribution in [2.45, 2.75) is 25.9 Å². The van der Waals surface area contributed by atoms with E-state index >= 15 is 0 Å². The fraction of sp³-hybridized carbons (Fsp3) is 0.200. The van der Waals surface area contributed by atoms with E-state index < -0.39 is 18.0 Å². The van der Waals surface area contributed by atoms with Crippen LogP contribution in [0.1, 0.15) is 37.0 Å². The maximum absolute atomic E-state index is 12.9. The van der Waals surface area contributed by atoms with Crippen LogP contribution in [-0.2, 0) is 9.53 Å². The molecule has 30 heavy (non-hydrogen) atoms. The van der Waals surface area contributed by atoms with Crippen molar-refractivity contribution in [3.05, 3.63) is 95.0 Å². The number of ether oxygens (including phenoxy) is 2. The summed E-state index contributed by atoms with van der Waals surface area (Å²) in [6, 6.07) is 25.5. The molecule has 0 amide bonds. The quantitative estimate of drug-likeness (QED) is 0.401. The van der Waals surface area contributed by atoms with Crippen LogP contribution in [-0.4, -0.2) is 5.97 Å². The topological polar surface area (TPSA) is 59.3 Å². The van der Waals surface area contributed by atoms with Crippen LogP contribution in [0.4, 0.5) is 0 Å². The first-order chi connectivity index (χ1) is 14.5. The Balaban J connectivity index is 1.72. The van der Waals surface area contributed by atoms with Crippen LogP contribution in [0.3, 0.4) is 0 Å². The lowest BCUT2D eigenvalue weighted by Gasteiger charge is -2.22. The Morgan fingerprint density at radius 3 is 2.00 bits per heavy atom. The Kier molecular flexibility index (Phi) is 7.11. The molecule has 0 aliphatic heterocycles. The predicted octanol–water partition coefficient (Wildman–Crippen LogP) is 6.68. The maximum Gasteiger partial charge on any atom is 0.315 e. The lowest BCUT2D eigenvalue weighted by atomic mass is 9.88. The predicted molar refractivity (Wildman–Crippen MR) is 116 cm³/mol. The standard InChI is InChI=1S/C25H22ClNO3/c1-17(2)24(19-8-12-20(26)13-9-19)25(28)30-23(16-27)18-10-14-22(15-11-18)29-21-6-4-3-5-7-21/h3-15,17,23-24H,1-2H3/t23-,24-/m0/s1. The van der Waals surface area contributed by atoms with Crippen LogP contribution in [0.15, 0.2) is 78.9 Å². The smallest absolute Gasteiger partial charge is 0.315 e. The minimum absolute atomic E-state index is 0.000309. The largest absolute Gasteiger partial charge is 0.457 e. The minimum Gasteiger partial charge on any atom is -0.457 e. The molecule has 0 aliphatic carbocycles. The van der Waals surface area contributed by atoms with Gasteiger partial charge in [0.15, 0.2) is 0 Å². The molecular formula is C25H22ClNO3. The second kappa shape index (κ2) is 9.96. The van der Waals surface area contributed by atoms with E-state index in [1.165, 1.54) is 0 Å². The van der Waals surface area contributed by atoms with Gasteiger partial charge in [-0.15, -0.1) is 0 Å². The molecule has 0 aromatic heterocycles. The molecule has 0 saturated carbocycles. The Bertz CT molecular complexity index is 1010. The molecular weight excluding hydrogens is 398 g/mol. The van der Waals surface area contributed by atoms with E-state index in [0.29, 0.717) is 16.3 Å². The molecule has 5 heteroatoms. The van der Waals surface area contributed by atoms with Crippen LogP contribution >= 0.6 is 11.6 Å². The molecule has 2 atom stereocenters. The maximum atomic E-state index is 12.9. The highest BCUT2D eigenvalue weighted by atomic mass is 35.5. The summed E-state index contributed by atoms with van der Waals surface area (Å²) in [5.74, 6) is 0.424. The number of nitriles is 1. The fourth-order valence-corrected chi connectivity index (χ4v) is 3.28. The van der Waals surface area contributed by atoms with Crippen molar-refractivity contribution >= 4 is 17.6 Å². The number of rotatable bonds is 7. The molecule has 3 aromatic carbocycles. The molecule has 152 valence electrons. The Morgan fingerprint density at radius 2 is 1.43 bits per heavy atom. The lowest BCUT2D eigenvalue weighted by molar-refractivity contribution is -0.150. The third-order valence-electron chi connectivity index (χ3n) is 4.66. The molecule has 0 N–H and O–H groups in total. The lowest BCUT2D eigenvalue weighted by Crippen LogP contribution is -2.22. The summed E-state index contributed by atoms with van der Waals surface area (Å²) in [6.07, 6.45) is -1.00. The molecule has 3 rings (SSSR count).